The van der Waals surface area contributed by atoms with Crippen LogP contribution in [0.3, 0.4) is 0 Å². The van der Waals surface area contributed by atoms with Crippen LogP contribution in [0.4, 0.5) is 0 Å². The molecule has 90 valence electrons. The molecule has 0 radical (unpaired) electrons. The topological polar surface area (TPSA) is 64.7 Å². The second-order valence-electron chi connectivity index (χ2n) is 3.63. The van der Waals surface area contributed by atoms with Crippen molar-refractivity contribution < 1.29 is 4.84 Å². The van der Waals surface area contributed by atoms with Gasteiger partial charge in [0, 0.05) is 16.0 Å². The molecule has 2 heterocycles. The normalized spacial score (nSPS) is 11.7. The number of hydrogen-bond acceptors (Lipinski definition) is 5. The van der Waals surface area contributed by atoms with Gasteiger partial charge in [-0.15, -0.1) is 5.10 Å². The van der Waals surface area contributed by atoms with Crippen molar-refractivity contribution in [3.8, 4) is 0 Å². The van der Waals surface area contributed by atoms with Crippen LogP contribution in [-0.4, -0.2) is 33.4 Å². The Morgan fingerprint density at radius 1 is 1.39 bits per heavy atom. The second kappa shape index (κ2) is 4.23. The number of hydrogen-bond donors (Lipinski definition) is 0. The first kappa shape index (κ1) is 10.9. The summed E-state index contributed by atoms with van der Waals surface area (Å²) in [6.45, 7) is 0. The van der Waals surface area contributed by atoms with Gasteiger partial charge in [0.1, 0.15) is 7.11 Å². The summed E-state index contributed by atoms with van der Waals surface area (Å²) in [7, 11) is 1.48. The van der Waals surface area contributed by atoms with Gasteiger partial charge in [-0.25, -0.2) is 0 Å². The zero-order chi connectivity index (χ0) is 12.5. The lowest BCUT2D eigenvalue weighted by molar-refractivity contribution is 0.215. The minimum Gasteiger partial charge on any atom is -0.399 e. The van der Waals surface area contributed by atoms with E-state index in [4.69, 9.17) is 11.6 Å². The zero-order valence-electron chi connectivity index (χ0n) is 9.41. The first-order valence-electron chi connectivity index (χ1n) is 5.16. The van der Waals surface area contributed by atoms with Crippen molar-refractivity contribution in [2.45, 2.75) is 0 Å². The monoisotopic (exact) mass is 261 g/mol. The average molecular weight is 262 g/mol. The van der Waals surface area contributed by atoms with Crippen LogP contribution in [0, 0.1) is 0 Å². The highest BCUT2D eigenvalue weighted by molar-refractivity contribution is 6.31. The summed E-state index contributed by atoms with van der Waals surface area (Å²) in [5.74, 6) is 0. The second-order valence-corrected chi connectivity index (χ2v) is 4.07. The molecule has 0 spiro atoms. The SMILES string of the molecule is CON=Cc1cc2ccc(Cl)cc2n2nnnc12. The van der Waals surface area contributed by atoms with Gasteiger partial charge in [0.25, 0.3) is 0 Å². The number of nitrogens with zero attached hydrogens (tertiary/aromatic N) is 5. The van der Waals surface area contributed by atoms with Crippen LogP contribution < -0.4 is 0 Å². The highest BCUT2D eigenvalue weighted by Crippen LogP contribution is 2.21. The molecule has 3 rings (SSSR count). The molecule has 0 aliphatic rings. The van der Waals surface area contributed by atoms with Gasteiger partial charge >= 0.3 is 0 Å². The average Bonchev–Trinajstić information content (AvgIpc) is 2.86. The van der Waals surface area contributed by atoms with E-state index in [2.05, 4.69) is 25.5 Å². The van der Waals surface area contributed by atoms with Crippen LogP contribution in [-0.2, 0) is 4.84 Å². The molecule has 0 unspecified atom stereocenters. The molecule has 3 aromatic rings. The van der Waals surface area contributed by atoms with Crippen molar-refractivity contribution in [2.75, 3.05) is 7.11 Å². The Bertz CT molecular complexity index is 752. The number of tetrazole rings is 1. The minimum atomic E-state index is 0.602. The Hall–Kier alpha value is -2.21. The summed E-state index contributed by atoms with van der Waals surface area (Å²) in [5.41, 5.74) is 2.22. The van der Waals surface area contributed by atoms with E-state index in [1.54, 1.807) is 10.7 Å². The lowest BCUT2D eigenvalue weighted by Gasteiger charge is -2.03. The molecule has 0 saturated heterocycles. The molecule has 0 aliphatic carbocycles. The molecular weight excluding hydrogens is 254 g/mol. The summed E-state index contributed by atoms with van der Waals surface area (Å²) in [6.07, 6.45) is 1.57. The van der Waals surface area contributed by atoms with Crippen molar-refractivity contribution in [1.29, 1.82) is 0 Å². The van der Waals surface area contributed by atoms with Gasteiger partial charge < -0.3 is 4.84 Å². The van der Waals surface area contributed by atoms with E-state index in [9.17, 15) is 0 Å². The van der Waals surface area contributed by atoms with Gasteiger partial charge in [-0.05, 0) is 28.6 Å². The fourth-order valence-electron chi connectivity index (χ4n) is 1.79. The molecule has 6 nitrogen and oxygen atoms in total. The fraction of sp³-hybridized carbons (Fsp3) is 0.0909. The molecule has 0 saturated carbocycles. The van der Waals surface area contributed by atoms with Crippen molar-refractivity contribution in [2.24, 2.45) is 5.16 Å². The van der Waals surface area contributed by atoms with Gasteiger partial charge in [-0.1, -0.05) is 22.8 Å². The molecule has 7 heteroatoms. The standard InChI is InChI=1S/C11H8ClN5O/c1-18-13-6-8-4-7-2-3-9(12)5-10(7)17-11(8)14-15-16-17/h2-6H,1H3. The highest BCUT2D eigenvalue weighted by Gasteiger charge is 2.08. The van der Waals surface area contributed by atoms with Crippen molar-refractivity contribution in [3.05, 3.63) is 34.9 Å². The maximum absolute atomic E-state index is 5.98. The Labute approximate surface area is 107 Å². The van der Waals surface area contributed by atoms with Crippen molar-refractivity contribution in [3.63, 3.8) is 0 Å². The van der Waals surface area contributed by atoms with Crippen LogP contribution in [0.1, 0.15) is 5.56 Å². The van der Waals surface area contributed by atoms with Crippen LogP contribution in [0.5, 0.6) is 0 Å². The van der Waals surface area contributed by atoms with Crippen molar-refractivity contribution in [1.82, 2.24) is 20.0 Å². The summed E-state index contributed by atoms with van der Waals surface area (Å²) in [5, 5.41) is 16.9. The third-order valence-corrected chi connectivity index (χ3v) is 2.79. The fourth-order valence-corrected chi connectivity index (χ4v) is 1.95. The number of benzene rings is 1. The molecule has 0 atom stereocenters. The lowest BCUT2D eigenvalue weighted by atomic mass is 10.1. The van der Waals surface area contributed by atoms with Crippen LogP contribution in [0.2, 0.25) is 5.02 Å². The Kier molecular flexibility index (Phi) is 2.56. The van der Waals surface area contributed by atoms with Gasteiger partial charge in [-0.2, -0.15) is 4.52 Å². The molecule has 0 N–H and O–H groups in total. The largest absolute Gasteiger partial charge is 0.399 e. The lowest BCUT2D eigenvalue weighted by Crippen LogP contribution is -1.96. The van der Waals surface area contributed by atoms with Gasteiger partial charge in [0.15, 0.2) is 5.65 Å². The zero-order valence-corrected chi connectivity index (χ0v) is 10.2. The third kappa shape index (κ3) is 1.67. The van der Waals surface area contributed by atoms with E-state index >= 15 is 0 Å². The maximum Gasteiger partial charge on any atom is 0.188 e. The quantitative estimate of drug-likeness (QED) is 0.522. The number of aromatic nitrogens is 4. The molecule has 1 aromatic carbocycles. The van der Waals surface area contributed by atoms with Crippen LogP contribution >= 0.6 is 11.6 Å². The van der Waals surface area contributed by atoms with Gasteiger partial charge in [0.05, 0.1) is 11.7 Å². The summed E-state index contributed by atoms with van der Waals surface area (Å²) >= 11 is 5.98. The predicted octanol–water partition coefficient (Wildman–Crippen LogP) is 1.91. The Morgan fingerprint density at radius 2 is 2.28 bits per heavy atom. The van der Waals surface area contributed by atoms with Crippen LogP contribution in [0.15, 0.2) is 29.4 Å². The Morgan fingerprint density at radius 3 is 3.11 bits per heavy atom. The van der Waals surface area contributed by atoms with Crippen molar-refractivity contribution >= 4 is 34.4 Å². The predicted molar refractivity (Wildman–Crippen MR) is 67.9 cm³/mol. The summed E-state index contributed by atoms with van der Waals surface area (Å²) in [6, 6.07) is 7.47. The van der Waals surface area contributed by atoms with E-state index in [0.717, 1.165) is 16.5 Å². The van der Waals surface area contributed by atoms with Gasteiger partial charge in [0.2, 0.25) is 0 Å². The van der Waals surface area contributed by atoms with E-state index < -0.39 is 0 Å². The van der Waals surface area contributed by atoms with Crippen LogP contribution in [0.25, 0.3) is 16.6 Å². The molecule has 0 fully saturated rings. The van der Waals surface area contributed by atoms with E-state index in [1.807, 2.05) is 24.3 Å². The Balaban J connectivity index is 2.39. The molecule has 2 aromatic heterocycles. The summed E-state index contributed by atoms with van der Waals surface area (Å²) < 4.78 is 1.62. The molecule has 18 heavy (non-hydrogen) atoms. The minimum absolute atomic E-state index is 0.602. The van der Waals surface area contributed by atoms with E-state index in [0.29, 0.717) is 10.7 Å². The number of halogens is 1. The number of oxime groups is 1. The first-order valence-corrected chi connectivity index (χ1v) is 5.54. The molecule has 0 amide bonds. The highest BCUT2D eigenvalue weighted by atomic mass is 35.5. The van der Waals surface area contributed by atoms with Gasteiger partial charge in [-0.3, -0.25) is 0 Å². The summed E-state index contributed by atoms with van der Waals surface area (Å²) in [4.78, 5) is 4.67. The first-order chi connectivity index (χ1) is 8.79. The molecule has 0 bridgehead atoms. The third-order valence-electron chi connectivity index (χ3n) is 2.56. The number of pyridine rings is 1. The molecular formula is C11H8ClN5O. The molecule has 0 aliphatic heterocycles. The number of rotatable bonds is 2. The maximum atomic E-state index is 5.98. The number of fused-ring (bicyclic) bond motifs is 3. The van der Waals surface area contributed by atoms with E-state index in [1.165, 1.54) is 7.11 Å². The van der Waals surface area contributed by atoms with E-state index in [-0.39, 0.29) is 0 Å². The smallest absolute Gasteiger partial charge is 0.188 e.